The molecular formula is C42H32N2. The summed E-state index contributed by atoms with van der Waals surface area (Å²) in [4.78, 5) is 0. The molecule has 1 aliphatic rings. The smallest absolute Gasteiger partial charge is 0.0541 e. The lowest BCUT2D eigenvalue weighted by atomic mass is 9.91. The monoisotopic (exact) mass is 564 g/mol. The molecule has 0 saturated heterocycles. The second-order valence-corrected chi connectivity index (χ2v) is 11.4. The molecule has 44 heavy (non-hydrogen) atoms. The van der Waals surface area contributed by atoms with E-state index in [1.165, 1.54) is 55.3 Å². The SMILES string of the molecule is C1=CCC(c2ccccc2Nc2ccc(-c3ccc4c(c3)c3ccccc3n4-c3ccc(-c4ccccc4)cc3)cc2)C=C1. The molecule has 7 aromatic rings. The molecule has 1 N–H and O–H groups in total. The molecule has 0 saturated carbocycles. The van der Waals surface area contributed by atoms with Crippen LogP contribution < -0.4 is 5.32 Å². The number of nitrogens with zero attached hydrogens (tertiary/aromatic N) is 1. The largest absolute Gasteiger partial charge is 0.355 e. The molecule has 8 rings (SSSR count). The van der Waals surface area contributed by atoms with Gasteiger partial charge in [0.1, 0.15) is 0 Å². The fourth-order valence-electron chi connectivity index (χ4n) is 6.51. The maximum atomic E-state index is 3.68. The van der Waals surface area contributed by atoms with Gasteiger partial charge in [0.05, 0.1) is 11.0 Å². The maximum absolute atomic E-state index is 3.68. The molecule has 1 heterocycles. The maximum Gasteiger partial charge on any atom is 0.0541 e. The number of benzene rings is 6. The number of rotatable bonds is 6. The average Bonchev–Trinajstić information content (AvgIpc) is 3.43. The number of nitrogens with one attached hydrogen (secondary N) is 1. The van der Waals surface area contributed by atoms with E-state index >= 15 is 0 Å². The minimum atomic E-state index is 0.402. The van der Waals surface area contributed by atoms with Gasteiger partial charge in [-0.15, -0.1) is 0 Å². The molecule has 1 aliphatic carbocycles. The van der Waals surface area contributed by atoms with Gasteiger partial charge in [-0.3, -0.25) is 0 Å². The second-order valence-electron chi connectivity index (χ2n) is 11.4. The van der Waals surface area contributed by atoms with Crippen LogP contribution in [0.15, 0.2) is 170 Å². The molecule has 2 nitrogen and oxygen atoms in total. The van der Waals surface area contributed by atoms with Gasteiger partial charge in [0, 0.05) is 33.8 Å². The fraction of sp³-hybridized carbons (Fsp3) is 0.0476. The van der Waals surface area contributed by atoms with Crippen LogP contribution in [0.25, 0.3) is 49.7 Å². The molecule has 0 spiro atoms. The molecule has 1 unspecified atom stereocenters. The third-order valence-corrected chi connectivity index (χ3v) is 8.74. The van der Waals surface area contributed by atoms with Crippen LogP contribution in [-0.4, -0.2) is 4.57 Å². The Morgan fingerprint density at radius 1 is 0.523 bits per heavy atom. The topological polar surface area (TPSA) is 17.0 Å². The van der Waals surface area contributed by atoms with Crippen molar-refractivity contribution in [3.05, 3.63) is 175 Å². The van der Waals surface area contributed by atoms with Crippen molar-refractivity contribution in [1.82, 2.24) is 4.57 Å². The number of anilines is 2. The van der Waals surface area contributed by atoms with Crippen molar-refractivity contribution in [2.45, 2.75) is 12.3 Å². The van der Waals surface area contributed by atoms with E-state index in [2.05, 4.69) is 180 Å². The summed E-state index contributed by atoms with van der Waals surface area (Å²) in [6.45, 7) is 0. The van der Waals surface area contributed by atoms with Crippen molar-refractivity contribution in [3.8, 4) is 27.9 Å². The standard InChI is InChI=1S/C42H32N2/c1-3-11-30(12-4-1)31-21-26-36(27-22-31)44-41-18-10-8-16-38(41)39-29-34(23-28-42(39)44)32-19-24-35(25-20-32)43-40-17-9-7-15-37(40)33-13-5-2-6-14-33/h1-13,15-29,33,43H,14H2. The summed E-state index contributed by atoms with van der Waals surface area (Å²) in [6, 6.07) is 52.5. The molecule has 6 aromatic carbocycles. The van der Waals surface area contributed by atoms with E-state index in [0.29, 0.717) is 5.92 Å². The number of hydrogen-bond donors (Lipinski definition) is 1. The summed E-state index contributed by atoms with van der Waals surface area (Å²) in [5.41, 5.74) is 12.0. The first-order valence-corrected chi connectivity index (χ1v) is 15.3. The van der Waals surface area contributed by atoms with E-state index in [-0.39, 0.29) is 0 Å². The molecule has 210 valence electrons. The Balaban J connectivity index is 1.12. The van der Waals surface area contributed by atoms with Crippen LogP contribution in [0.2, 0.25) is 0 Å². The van der Waals surface area contributed by atoms with Crippen LogP contribution in [-0.2, 0) is 0 Å². The van der Waals surface area contributed by atoms with Crippen molar-refractivity contribution < 1.29 is 0 Å². The molecule has 0 amide bonds. The van der Waals surface area contributed by atoms with Crippen LogP contribution in [0.3, 0.4) is 0 Å². The van der Waals surface area contributed by atoms with Gasteiger partial charge in [0.2, 0.25) is 0 Å². The lowest BCUT2D eigenvalue weighted by Gasteiger charge is -2.19. The van der Waals surface area contributed by atoms with Gasteiger partial charge in [-0.05, 0) is 82.8 Å². The van der Waals surface area contributed by atoms with E-state index < -0.39 is 0 Å². The number of aromatic nitrogens is 1. The molecule has 0 radical (unpaired) electrons. The van der Waals surface area contributed by atoms with Crippen molar-refractivity contribution in [2.24, 2.45) is 0 Å². The number of hydrogen-bond acceptors (Lipinski definition) is 1. The minimum Gasteiger partial charge on any atom is -0.355 e. The van der Waals surface area contributed by atoms with E-state index in [1.807, 2.05) is 0 Å². The first-order chi connectivity index (χ1) is 21.8. The lowest BCUT2D eigenvalue weighted by molar-refractivity contribution is 0.856. The van der Waals surface area contributed by atoms with Crippen LogP contribution in [0, 0.1) is 0 Å². The van der Waals surface area contributed by atoms with Gasteiger partial charge in [-0.25, -0.2) is 0 Å². The highest BCUT2D eigenvalue weighted by Gasteiger charge is 2.15. The second kappa shape index (κ2) is 11.2. The van der Waals surface area contributed by atoms with Gasteiger partial charge in [0.25, 0.3) is 0 Å². The van der Waals surface area contributed by atoms with Crippen molar-refractivity contribution in [2.75, 3.05) is 5.32 Å². The van der Waals surface area contributed by atoms with Gasteiger partial charge in [0.15, 0.2) is 0 Å². The van der Waals surface area contributed by atoms with Crippen molar-refractivity contribution >= 4 is 33.2 Å². The van der Waals surface area contributed by atoms with E-state index in [9.17, 15) is 0 Å². The first-order valence-electron chi connectivity index (χ1n) is 15.3. The highest BCUT2D eigenvalue weighted by atomic mass is 15.0. The van der Waals surface area contributed by atoms with Crippen LogP contribution in [0.4, 0.5) is 11.4 Å². The van der Waals surface area contributed by atoms with E-state index in [1.54, 1.807) is 0 Å². The zero-order valence-corrected chi connectivity index (χ0v) is 24.4. The first kappa shape index (κ1) is 26.1. The number of fused-ring (bicyclic) bond motifs is 3. The number of allylic oxidation sites excluding steroid dienone is 4. The Morgan fingerprint density at radius 2 is 1.18 bits per heavy atom. The van der Waals surface area contributed by atoms with Crippen molar-refractivity contribution in [1.29, 1.82) is 0 Å². The number of para-hydroxylation sites is 2. The summed E-state index contributed by atoms with van der Waals surface area (Å²) in [5, 5.41) is 6.20. The Labute approximate surface area is 258 Å². The van der Waals surface area contributed by atoms with Crippen LogP contribution >= 0.6 is 0 Å². The molecule has 2 heteroatoms. The van der Waals surface area contributed by atoms with E-state index in [0.717, 1.165) is 17.8 Å². The van der Waals surface area contributed by atoms with Gasteiger partial charge in [-0.2, -0.15) is 0 Å². The van der Waals surface area contributed by atoms with Gasteiger partial charge < -0.3 is 9.88 Å². The molecule has 1 atom stereocenters. The fourth-order valence-corrected chi connectivity index (χ4v) is 6.51. The third-order valence-electron chi connectivity index (χ3n) is 8.74. The predicted octanol–water partition coefficient (Wildman–Crippen LogP) is 11.5. The third kappa shape index (κ3) is 4.81. The Bertz CT molecular complexity index is 2150. The molecule has 0 aliphatic heterocycles. The predicted molar refractivity (Wildman–Crippen MR) is 187 cm³/mol. The zero-order chi connectivity index (χ0) is 29.3. The quantitative estimate of drug-likeness (QED) is 0.213. The molecule has 0 bridgehead atoms. The minimum absolute atomic E-state index is 0.402. The Hall–Kier alpha value is -5.60. The summed E-state index contributed by atoms with van der Waals surface area (Å²) in [5.74, 6) is 0.402. The summed E-state index contributed by atoms with van der Waals surface area (Å²) in [7, 11) is 0. The molecular weight excluding hydrogens is 532 g/mol. The Morgan fingerprint density at radius 3 is 2.00 bits per heavy atom. The van der Waals surface area contributed by atoms with E-state index in [4.69, 9.17) is 0 Å². The lowest BCUT2D eigenvalue weighted by Crippen LogP contribution is -2.01. The highest BCUT2D eigenvalue weighted by Crippen LogP contribution is 2.36. The van der Waals surface area contributed by atoms with Gasteiger partial charge in [-0.1, -0.05) is 121 Å². The van der Waals surface area contributed by atoms with Gasteiger partial charge >= 0.3 is 0 Å². The summed E-state index contributed by atoms with van der Waals surface area (Å²) >= 11 is 0. The highest BCUT2D eigenvalue weighted by molar-refractivity contribution is 6.10. The van der Waals surface area contributed by atoms with Crippen LogP contribution in [0.5, 0.6) is 0 Å². The Kier molecular flexibility index (Phi) is 6.66. The molecule has 0 fully saturated rings. The van der Waals surface area contributed by atoms with Crippen molar-refractivity contribution in [3.63, 3.8) is 0 Å². The molecule has 1 aromatic heterocycles. The summed E-state index contributed by atoms with van der Waals surface area (Å²) in [6.07, 6.45) is 9.84. The normalized spacial score (nSPS) is 14.3. The average molecular weight is 565 g/mol. The zero-order valence-electron chi connectivity index (χ0n) is 24.4. The van der Waals surface area contributed by atoms with Crippen LogP contribution in [0.1, 0.15) is 17.9 Å². The summed E-state index contributed by atoms with van der Waals surface area (Å²) < 4.78 is 2.38.